The van der Waals surface area contributed by atoms with Crippen molar-refractivity contribution < 1.29 is 28.2 Å². The summed E-state index contributed by atoms with van der Waals surface area (Å²) >= 11 is 0. The summed E-state index contributed by atoms with van der Waals surface area (Å²) in [5.41, 5.74) is 0.815. The second-order valence-corrected chi connectivity index (χ2v) is 7.89. The first-order chi connectivity index (χ1) is 15.8. The first kappa shape index (κ1) is 22.2. The summed E-state index contributed by atoms with van der Waals surface area (Å²) < 4.78 is 32.8. The molecule has 1 unspecified atom stereocenters. The average Bonchev–Trinajstić information content (AvgIpc) is 3.05. The van der Waals surface area contributed by atoms with Gasteiger partial charge in [-0.2, -0.15) is 0 Å². The summed E-state index contributed by atoms with van der Waals surface area (Å²) in [4.78, 5) is 27.3. The van der Waals surface area contributed by atoms with Gasteiger partial charge in [0.2, 0.25) is 0 Å². The molecule has 5 nitrogen and oxygen atoms in total. The maximum absolute atomic E-state index is 13.6. The Balaban J connectivity index is 1.90. The zero-order chi connectivity index (χ0) is 23.7. The van der Waals surface area contributed by atoms with E-state index in [2.05, 4.69) is 0 Å². The smallest absolute Gasteiger partial charge is 0.300 e. The zero-order valence-corrected chi connectivity index (χ0v) is 18.0. The van der Waals surface area contributed by atoms with Gasteiger partial charge in [0.15, 0.2) is 0 Å². The SMILES string of the molecule is CC(C)Oc1cccc(/C(O)=C2/C(=O)C(=O)N(c3ccc(F)cc3)C2c2ccc(F)cc2)c1. The number of anilines is 1. The summed E-state index contributed by atoms with van der Waals surface area (Å²) in [6.45, 7) is 3.71. The molecule has 0 aliphatic carbocycles. The molecular formula is C26H21F2NO4. The van der Waals surface area contributed by atoms with E-state index < -0.39 is 29.4 Å². The van der Waals surface area contributed by atoms with Crippen molar-refractivity contribution in [2.75, 3.05) is 4.90 Å². The number of hydrogen-bond acceptors (Lipinski definition) is 4. The van der Waals surface area contributed by atoms with Gasteiger partial charge in [-0.3, -0.25) is 14.5 Å². The predicted octanol–water partition coefficient (Wildman–Crippen LogP) is 5.38. The fourth-order valence-corrected chi connectivity index (χ4v) is 3.81. The van der Waals surface area contributed by atoms with Crippen molar-refractivity contribution in [3.05, 3.63) is 101 Å². The Kier molecular flexibility index (Phi) is 5.96. The maximum Gasteiger partial charge on any atom is 0.300 e. The molecule has 1 amide bonds. The van der Waals surface area contributed by atoms with Crippen LogP contribution in [-0.4, -0.2) is 22.9 Å². The number of hydrogen-bond donors (Lipinski definition) is 1. The molecule has 1 aliphatic heterocycles. The summed E-state index contributed by atoms with van der Waals surface area (Å²) in [6, 6.07) is 15.9. The number of ether oxygens (including phenoxy) is 1. The van der Waals surface area contributed by atoms with Gasteiger partial charge in [0.1, 0.15) is 23.1 Å². The minimum Gasteiger partial charge on any atom is -0.507 e. The molecule has 4 rings (SSSR count). The summed E-state index contributed by atoms with van der Waals surface area (Å²) in [5, 5.41) is 11.2. The Bertz CT molecular complexity index is 1230. The number of halogens is 2. The molecule has 0 aromatic heterocycles. The molecule has 7 heteroatoms. The van der Waals surface area contributed by atoms with Gasteiger partial charge in [-0.15, -0.1) is 0 Å². The molecule has 0 saturated carbocycles. The van der Waals surface area contributed by atoms with Crippen molar-refractivity contribution in [1.29, 1.82) is 0 Å². The Morgan fingerprint density at radius 2 is 1.55 bits per heavy atom. The number of benzene rings is 3. The number of ketones is 1. The quantitative estimate of drug-likeness (QED) is 0.323. The van der Waals surface area contributed by atoms with E-state index in [4.69, 9.17) is 4.74 Å². The Morgan fingerprint density at radius 3 is 2.15 bits per heavy atom. The third-order valence-electron chi connectivity index (χ3n) is 5.21. The van der Waals surface area contributed by atoms with Crippen LogP contribution in [0.15, 0.2) is 78.4 Å². The molecule has 1 aliphatic rings. The van der Waals surface area contributed by atoms with Crippen LogP contribution in [-0.2, 0) is 9.59 Å². The van der Waals surface area contributed by atoms with Crippen molar-refractivity contribution in [3.63, 3.8) is 0 Å². The predicted molar refractivity (Wildman–Crippen MR) is 120 cm³/mol. The third kappa shape index (κ3) is 4.35. The average molecular weight is 449 g/mol. The Hall–Kier alpha value is -4.00. The fraction of sp³-hybridized carbons (Fsp3) is 0.154. The van der Waals surface area contributed by atoms with Crippen LogP contribution in [0.5, 0.6) is 5.75 Å². The van der Waals surface area contributed by atoms with E-state index in [0.29, 0.717) is 11.3 Å². The van der Waals surface area contributed by atoms with Gasteiger partial charge in [-0.05, 0) is 67.9 Å². The number of nitrogens with zero attached hydrogens (tertiary/aromatic N) is 1. The highest BCUT2D eigenvalue weighted by Gasteiger charge is 2.47. The molecule has 0 bridgehead atoms. The van der Waals surface area contributed by atoms with E-state index >= 15 is 0 Å². The van der Waals surface area contributed by atoms with Crippen molar-refractivity contribution in [2.24, 2.45) is 0 Å². The number of amides is 1. The van der Waals surface area contributed by atoms with Crippen LogP contribution in [0.3, 0.4) is 0 Å². The lowest BCUT2D eigenvalue weighted by Gasteiger charge is -2.25. The highest BCUT2D eigenvalue weighted by atomic mass is 19.1. The molecule has 1 N–H and O–H groups in total. The van der Waals surface area contributed by atoms with Crippen LogP contribution in [0, 0.1) is 11.6 Å². The van der Waals surface area contributed by atoms with Gasteiger partial charge in [0.25, 0.3) is 11.7 Å². The van der Waals surface area contributed by atoms with E-state index in [0.717, 1.165) is 0 Å². The molecule has 33 heavy (non-hydrogen) atoms. The molecule has 1 heterocycles. The number of aliphatic hydroxyl groups is 1. The van der Waals surface area contributed by atoms with Crippen LogP contribution in [0.4, 0.5) is 14.5 Å². The lowest BCUT2D eigenvalue weighted by atomic mass is 9.95. The third-order valence-corrected chi connectivity index (χ3v) is 5.21. The van der Waals surface area contributed by atoms with E-state index in [1.165, 1.54) is 53.4 Å². The van der Waals surface area contributed by atoms with Crippen molar-refractivity contribution >= 4 is 23.1 Å². The van der Waals surface area contributed by atoms with Gasteiger partial charge in [-0.1, -0.05) is 24.3 Å². The summed E-state index contributed by atoms with van der Waals surface area (Å²) in [6.07, 6.45) is -0.106. The van der Waals surface area contributed by atoms with Gasteiger partial charge < -0.3 is 9.84 Å². The van der Waals surface area contributed by atoms with E-state index in [1.807, 2.05) is 13.8 Å². The molecule has 3 aromatic rings. The first-order valence-electron chi connectivity index (χ1n) is 10.4. The van der Waals surface area contributed by atoms with Gasteiger partial charge >= 0.3 is 0 Å². The van der Waals surface area contributed by atoms with Gasteiger partial charge in [0.05, 0.1) is 17.7 Å². The Labute approximate surface area is 189 Å². The van der Waals surface area contributed by atoms with Crippen molar-refractivity contribution in [2.45, 2.75) is 26.0 Å². The maximum atomic E-state index is 13.6. The standard InChI is InChI=1S/C26H21F2NO4/c1-15(2)33-21-5-3-4-17(14-21)24(30)22-23(16-6-8-18(27)9-7-16)29(26(32)25(22)31)20-12-10-19(28)11-13-20/h3-15,23,30H,1-2H3/b24-22-. The molecule has 0 radical (unpaired) electrons. The zero-order valence-electron chi connectivity index (χ0n) is 18.0. The van der Waals surface area contributed by atoms with Crippen LogP contribution in [0.25, 0.3) is 5.76 Å². The van der Waals surface area contributed by atoms with E-state index in [9.17, 15) is 23.5 Å². The molecule has 1 atom stereocenters. The topological polar surface area (TPSA) is 66.8 Å². The largest absolute Gasteiger partial charge is 0.507 e. The lowest BCUT2D eigenvalue weighted by molar-refractivity contribution is -0.132. The molecule has 0 spiro atoms. The molecule has 1 saturated heterocycles. The van der Waals surface area contributed by atoms with Crippen molar-refractivity contribution in [3.8, 4) is 5.75 Å². The van der Waals surface area contributed by atoms with Crippen LogP contribution >= 0.6 is 0 Å². The van der Waals surface area contributed by atoms with Crippen LogP contribution in [0.2, 0.25) is 0 Å². The highest BCUT2D eigenvalue weighted by Crippen LogP contribution is 2.42. The van der Waals surface area contributed by atoms with Gasteiger partial charge in [0, 0.05) is 11.3 Å². The summed E-state index contributed by atoms with van der Waals surface area (Å²) in [5.74, 6) is -2.68. The number of aliphatic hydroxyl groups excluding tert-OH is 1. The summed E-state index contributed by atoms with van der Waals surface area (Å²) in [7, 11) is 0. The van der Waals surface area contributed by atoms with Gasteiger partial charge in [-0.25, -0.2) is 8.78 Å². The molecule has 1 fully saturated rings. The van der Waals surface area contributed by atoms with Crippen LogP contribution in [0.1, 0.15) is 31.0 Å². The number of Topliss-reactive ketones (excluding diaryl/α,β-unsaturated/α-hetero) is 1. The first-order valence-corrected chi connectivity index (χ1v) is 10.4. The number of rotatable bonds is 5. The Morgan fingerprint density at radius 1 is 0.939 bits per heavy atom. The molecular weight excluding hydrogens is 428 g/mol. The van der Waals surface area contributed by atoms with Crippen LogP contribution < -0.4 is 9.64 Å². The van der Waals surface area contributed by atoms with Crippen molar-refractivity contribution in [1.82, 2.24) is 0 Å². The molecule has 168 valence electrons. The minimum atomic E-state index is -1.04. The second-order valence-electron chi connectivity index (χ2n) is 7.89. The number of carbonyl (C=O) groups excluding carboxylic acids is 2. The lowest BCUT2D eigenvalue weighted by Crippen LogP contribution is -2.29. The van der Waals surface area contributed by atoms with E-state index in [1.54, 1.807) is 24.3 Å². The number of carbonyl (C=O) groups is 2. The monoisotopic (exact) mass is 449 g/mol. The fourth-order valence-electron chi connectivity index (χ4n) is 3.81. The minimum absolute atomic E-state index is 0.106. The normalized spacial score (nSPS) is 17.6. The second kappa shape index (κ2) is 8.86. The molecule has 3 aromatic carbocycles. The van der Waals surface area contributed by atoms with E-state index in [-0.39, 0.29) is 28.7 Å². The highest BCUT2D eigenvalue weighted by molar-refractivity contribution is 6.51.